The van der Waals surface area contributed by atoms with Crippen molar-refractivity contribution in [1.29, 1.82) is 0 Å². The van der Waals surface area contributed by atoms with Crippen LogP contribution in [-0.2, 0) is 24.0 Å². The molecule has 0 bridgehead atoms. The summed E-state index contributed by atoms with van der Waals surface area (Å²) in [6.07, 6.45) is -0.940. The first-order valence-electron chi connectivity index (χ1n) is 15.6. The Labute approximate surface area is 291 Å². The summed E-state index contributed by atoms with van der Waals surface area (Å²) in [6.45, 7) is 3.59. The van der Waals surface area contributed by atoms with E-state index in [2.05, 4.69) is 16.0 Å². The Hall–Kier alpha value is -5.02. The smallest absolute Gasteiger partial charge is 0.322 e. The van der Waals surface area contributed by atoms with Crippen molar-refractivity contribution in [3.8, 4) is 5.75 Å². The second-order valence-electron chi connectivity index (χ2n) is 12.6. The van der Waals surface area contributed by atoms with E-state index in [4.69, 9.17) is 9.84 Å². The van der Waals surface area contributed by atoms with Crippen molar-refractivity contribution < 1.29 is 47.7 Å². The number of ether oxygens (including phenoxy) is 1. The van der Waals surface area contributed by atoms with Gasteiger partial charge < -0.3 is 35.8 Å². The average Bonchev–Trinajstić information content (AvgIpc) is 3.07. The van der Waals surface area contributed by atoms with E-state index in [1.807, 2.05) is 0 Å². The van der Waals surface area contributed by atoms with Gasteiger partial charge in [0.2, 0.25) is 17.7 Å². The number of anilines is 1. The number of halogens is 2. The maximum atomic E-state index is 13.6. The second-order valence-corrected chi connectivity index (χ2v) is 13.7. The Balaban J connectivity index is 1.34. The first kappa shape index (κ1) is 37.8. The molecule has 15 heteroatoms. The molecule has 266 valence electrons. The topological polar surface area (TPSA) is 174 Å². The predicted molar refractivity (Wildman–Crippen MR) is 181 cm³/mol. The van der Waals surface area contributed by atoms with Crippen LogP contribution >= 0.6 is 11.8 Å². The Bertz CT molecular complexity index is 1680. The number of aliphatic hydroxyl groups is 1. The number of benzene rings is 3. The number of rotatable bonds is 15. The van der Waals surface area contributed by atoms with Gasteiger partial charge in [-0.05, 0) is 65.1 Å². The van der Waals surface area contributed by atoms with Crippen LogP contribution in [0.4, 0.5) is 14.5 Å². The van der Waals surface area contributed by atoms with E-state index in [1.165, 1.54) is 65.2 Å². The van der Waals surface area contributed by atoms with Crippen molar-refractivity contribution in [3.05, 3.63) is 95.6 Å². The average molecular weight is 713 g/mol. The number of hydrogen-bond acceptors (Lipinski definition) is 8. The molecule has 1 aliphatic rings. The van der Waals surface area contributed by atoms with E-state index in [0.717, 1.165) is 5.56 Å². The highest BCUT2D eigenvalue weighted by Gasteiger charge is 2.49. The van der Waals surface area contributed by atoms with Crippen molar-refractivity contribution in [2.24, 2.45) is 5.41 Å². The number of aliphatic hydroxyl groups excluding tert-OH is 1. The van der Waals surface area contributed by atoms with Crippen LogP contribution in [0.1, 0.15) is 44.0 Å². The molecule has 3 aromatic carbocycles. The van der Waals surface area contributed by atoms with Crippen LogP contribution in [0.3, 0.4) is 0 Å². The SMILES string of the molecule is CC(C)(C)[C@@H](NC(=O)CNC(=O)COc1ccc([C@@H]2[C@@H](SCC(O)c3ccc(F)cc3)C(=O)N2c2ccc(F)cc2)cc1)C(=O)NCC(=O)O. The minimum atomic E-state index is -1.23. The number of nitrogens with zero attached hydrogens (tertiary/aromatic N) is 1. The molecule has 0 aromatic heterocycles. The molecule has 0 spiro atoms. The van der Waals surface area contributed by atoms with E-state index in [1.54, 1.807) is 45.0 Å². The summed E-state index contributed by atoms with van der Waals surface area (Å²) in [5, 5.41) is 26.0. The molecule has 1 unspecified atom stereocenters. The lowest BCUT2D eigenvalue weighted by atomic mass is 9.86. The van der Waals surface area contributed by atoms with Gasteiger partial charge in [0.1, 0.15) is 35.2 Å². The van der Waals surface area contributed by atoms with Gasteiger partial charge in [0.25, 0.3) is 5.91 Å². The number of carboxylic acid groups (broad SMARTS) is 1. The van der Waals surface area contributed by atoms with Gasteiger partial charge >= 0.3 is 5.97 Å². The largest absolute Gasteiger partial charge is 0.484 e. The van der Waals surface area contributed by atoms with Crippen molar-refractivity contribution >= 4 is 47.0 Å². The molecule has 0 radical (unpaired) electrons. The number of carboxylic acids is 1. The molecule has 1 aliphatic heterocycles. The molecule has 4 atom stereocenters. The first-order chi connectivity index (χ1) is 23.6. The van der Waals surface area contributed by atoms with Crippen molar-refractivity contribution in [1.82, 2.24) is 16.0 Å². The molecule has 5 N–H and O–H groups in total. The van der Waals surface area contributed by atoms with Gasteiger partial charge in [0.15, 0.2) is 6.61 Å². The van der Waals surface area contributed by atoms with Crippen molar-refractivity contribution in [2.45, 2.75) is 44.2 Å². The Kier molecular flexibility index (Phi) is 12.5. The number of carbonyl (C=O) groups is 5. The Morgan fingerprint density at radius 1 is 0.880 bits per heavy atom. The highest BCUT2D eigenvalue weighted by atomic mass is 32.2. The standard InChI is InChI=1S/C35H38F2N4O8S/c1-35(2,3)32(33(47)39-17-29(45)46)40-27(43)16-38-28(44)18-49-25-14-6-21(7-15-25)30-31(34(48)41(30)24-12-10-23(37)11-13-24)50-19-26(42)20-4-8-22(36)9-5-20/h4-15,26,30-32,42H,16-19H2,1-3H3,(H,38,44)(H,39,47)(H,40,43)(H,45,46)/t26?,30-,31-,32+/m1/s1. The van der Waals surface area contributed by atoms with Crippen molar-refractivity contribution in [3.63, 3.8) is 0 Å². The minimum absolute atomic E-state index is 0.166. The summed E-state index contributed by atoms with van der Waals surface area (Å²) in [4.78, 5) is 63.0. The van der Waals surface area contributed by atoms with E-state index < -0.39 is 83.9 Å². The summed E-state index contributed by atoms with van der Waals surface area (Å²) in [7, 11) is 0. The number of aliphatic carboxylic acids is 1. The van der Waals surface area contributed by atoms with Crippen LogP contribution in [-0.4, -0.2) is 76.6 Å². The van der Waals surface area contributed by atoms with E-state index in [9.17, 15) is 37.9 Å². The molecule has 0 saturated carbocycles. The highest BCUT2D eigenvalue weighted by Crippen LogP contribution is 2.46. The van der Waals surface area contributed by atoms with Crippen LogP contribution in [0, 0.1) is 17.0 Å². The third kappa shape index (κ3) is 10.0. The normalized spacial score (nSPS) is 16.8. The predicted octanol–water partition coefficient (Wildman–Crippen LogP) is 3.11. The molecule has 12 nitrogen and oxygen atoms in total. The summed E-state index contributed by atoms with van der Waals surface area (Å²) in [5.74, 6) is -3.80. The van der Waals surface area contributed by atoms with E-state index in [-0.39, 0.29) is 11.7 Å². The maximum Gasteiger partial charge on any atom is 0.322 e. The minimum Gasteiger partial charge on any atom is -0.484 e. The van der Waals surface area contributed by atoms with Gasteiger partial charge in [0, 0.05) is 11.4 Å². The highest BCUT2D eigenvalue weighted by molar-refractivity contribution is 8.00. The molecule has 0 aliphatic carbocycles. The molecule has 1 heterocycles. The van der Waals surface area contributed by atoms with Gasteiger partial charge in [-0.3, -0.25) is 24.0 Å². The fourth-order valence-electron chi connectivity index (χ4n) is 5.11. The zero-order valence-corrected chi connectivity index (χ0v) is 28.3. The fourth-order valence-corrected chi connectivity index (χ4v) is 6.41. The van der Waals surface area contributed by atoms with Crippen LogP contribution in [0.5, 0.6) is 5.75 Å². The monoisotopic (exact) mass is 712 g/mol. The number of nitrogens with one attached hydrogen (secondary N) is 3. The number of amides is 4. The zero-order valence-electron chi connectivity index (χ0n) is 27.5. The first-order valence-corrected chi connectivity index (χ1v) is 16.6. The maximum absolute atomic E-state index is 13.6. The number of β-lactam (4-membered cyclic amide) rings is 1. The molecule has 50 heavy (non-hydrogen) atoms. The third-order valence-corrected chi connectivity index (χ3v) is 9.05. The molecular formula is C35H38F2N4O8S. The molecule has 4 rings (SSSR count). The lowest BCUT2D eigenvalue weighted by Crippen LogP contribution is -2.57. The van der Waals surface area contributed by atoms with Crippen molar-refractivity contribution in [2.75, 3.05) is 30.3 Å². The third-order valence-electron chi connectivity index (χ3n) is 7.72. The fraction of sp³-hybridized carbons (Fsp3) is 0.343. The van der Waals surface area contributed by atoms with Crippen LogP contribution in [0.25, 0.3) is 0 Å². The lowest BCUT2D eigenvalue weighted by molar-refractivity contribution is -0.139. The quantitative estimate of drug-likeness (QED) is 0.148. The van der Waals surface area contributed by atoms with Gasteiger partial charge in [-0.1, -0.05) is 45.0 Å². The second kappa shape index (κ2) is 16.6. The van der Waals surface area contributed by atoms with E-state index >= 15 is 0 Å². The van der Waals surface area contributed by atoms with Gasteiger partial charge in [-0.15, -0.1) is 11.8 Å². The lowest BCUT2D eigenvalue weighted by Gasteiger charge is -2.47. The van der Waals surface area contributed by atoms with Gasteiger partial charge in [-0.2, -0.15) is 0 Å². The van der Waals surface area contributed by atoms with Gasteiger partial charge in [-0.25, -0.2) is 8.78 Å². The summed E-state index contributed by atoms with van der Waals surface area (Å²) in [6, 6.07) is 16.1. The molecule has 4 amide bonds. The number of hydrogen-bond donors (Lipinski definition) is 5. The summed E-state index contributed by atoms with van der Waals surface area (Å²) >= 11 is 1.25. The Morgan fingerprint density at radius 2 is 1.48 bits per heavy atom. The van der Waals surface area contributed by atoms with E-state index in [0.29, 0.717) is 17.0 Å². The summed E-state index contributed by atoms with van der Waals surface area (Å²) < 4.78 is 32.5. The molecule has 1 fully saturated rings. The van der Waals surface area contributed by atoms with Gasteiger partial charge in [0.05, 0.1) is 18.7 Å². The molecule has 1 saturated heterocycles. The molecular weight excluding hydrogens is 674 g/mol. The number of thioether (sulfide) groups is 1. The van der Waals surface area contributed by atoms with Crippen LogP contribution in [0.15, 0.2) is 72.8 Å². The zero-order chi connectivity index (χ0) is 36.6. The summed E-state index contributed by atoms with van der Waals surface area (Å²) in [5.41, 5.74) is 0.980. The number of carbonyl (C=O) groups excluding carboxylic acids is 4. The van der Waals surface area contributed by atoms with Crippen LogP contribution in [0.2, 0.25) is 0 Å². The molecule has 3 aromatic rings. The Morgan fingerprint density at radius 3 is 2.06 bits per heavy atom. The van der Waals surface area contributed by atoms with Crippen LogP contribution < -0.4 is 25.6 Å².